The Balaban J connectivity index is 1.09. The molecule has 0 spiro atoms. The molecule has 6 rings (SSSR count). The molecule has 4 saturated carbocycles. The molecule has 2 unspecified atom stereocenters. The van der Waals surface area contributed by atoms with Crippen LogP contribution in [-0.4, -0.2) is 35.8 Å². The highest BCUT2D eigenvalue weighted by Crippen LogP contribution is 2.59. The molecule has 4 bridgehead atoms. The van der Waals surface area contributed by atoms with Gasteiger partial charge in [-0.05, 0) is 110 Å². The molecule has 0 saturated heterocycles. The lowest BCUT2D eigenvalue weighted by Gasteiger charge is -2.48. The highest BCUT2D eigenvalue weighted by Gasteiger charge is 2.48. The SMILES string of the molecule is C[C@H](Cc1cccc(OCCC23CC4CCC(CC(C4)C2)C3)c1)NC[C@H](O)c1ccc(O)c(NC=O)c1. The van der Waals surface area contributed by atoms with Gasteiger partial charge in [0.25, 0.3) is 0 Å². The van der Waals surface area contributed by atoms with E-state index in [1.807, 2.05) is 0 Å². The van der Waals surface area contributed by atoms with Crippen molar-refractivity contribution < 1.29 is 19.7 Å². The number of benzene rings is 2. The van der Waals surface area contributed by atoms with Crippen molar-refractivity contribution in [3.63, 3.8) is 0 Å². The normalized spacial score (nSPS) is 27.9. The average Bonchev–Trinajstić information content (AvgIpc) is 3.09. The Morgan fingerprint density at radius 2 is 1.84 bits per heavy atom. The molecule has 0 radical (unpaired) electrons. The summed E-state index contributed by atoms with van der Waals surface area (Å²) < 4.78 is 6.29. The van der Waals surface area contributed by atoms with Crippen molar-refractivity contribution in [1.29, 1.82) is 0 Å². The van der Waals surface area contributed by atoms with Crippen LogP contribution in [0.4, 0.5) is 5.69 Å². The number of carbonyl (C=O) groups is 1. The number of hydrogen-bond acceptors (Lipinski definition) is 5. The van der Waals surface area contributed by atoms with Crippen LogP contribution in [0.15, 0.2) is 42.5 Å². The van der Waals surface area contributed by atoms with Crippen LogP contribution in [-0.2, 0) is 11.2 Å². The highest BCUT2D eigenvalue weighted by molar-refractivity contribution is 5.75. The number of phenols is 1. The van der Waals surface area contributed by atoms with Gasteiger partial charge in [0.15, 0.2) is 0 Å². The van der Waals surface area contributed by atoms with E-state index in [9.17, 15) is 15.0 Å². The van der Waals surface area contributed by atoms with E-state index >= 15 is 0 Å². The van der Waals surface area contributed by atoms with E-state index in [0.717, 1.165) is 36.5 Å². The standard InChI is InChI=1S/C31H42N2O4/c1-21(32-19-30(36)26-7-8-29(35)28(15-26)33-20-34)11-22-3-2-4-27(14-22)37-10-9-31-16-23-5-6-24(17-31)13-25(12-23)18-31/h2-4,7-8,14-15,20-21,23-25,30,32,35-36H,5-6,9-13,16-19H2,1H3,(H,33,34)/t21-,23?,24?,25?,30+,31?/m1/s1. The minimum absolute atomic E-state index is 0.0279. The molecule has 6 heteroatoms. The number of phenolic OH excluding ortho intramolecular Hbond substituents is 1. The average molecular weight is 507 g/mol. The maximum atomic E-state index is 10.7. The van der Waals surface area contributed by atoms with Crippen molar-refractivity contribution in [3.8, 4) is 11.5 Å². The van der Waals surface area contributed by atoms with E-state index in [-0.39, 0.29) is 17.5 Å². The summed E-state index contributed by atoms with van der Waals surface area (Å²) in [5.74, 6) is 3.82. The fourth-order valence-corrected chi connectivity index (χ4v) is 7.62. The van der Waals surface area contributed by atoms with Crippen molar-refractivity contribution in [1.82, 2.24) is 5.32 Å². The summed E-state index contributed by atoms with van der Waals surface area (Å²) in [7, 11) is 0. The van der Waals surface area contributed by atoms with Gasteiger partial charge in [-0.3, -0.25) is 4.79 Å². The number of aromatic hydroxyl groups is 1. The molecule has 4 aliphatic carbocycles. The molecule has 0 heterocycles. The molecule has 4 aliphatic rings. The monoisotopic (exact) mass is 506 g/mol. The molecule has 37 heavy (non-hydrogen) atoms. The number of carbonyl (C=O) groups excluding carboxylic acids is 1. The smallest absolute Gasteiger partial charge is 0.211 e. The van der Waals surface area contributed by atoms with Gasteiger partial charge in [0.2, 0.25) is 6.41 Å². The number of ether oxygens (including phenoxy) is 1. The number of amides is 1. The first-order chi connectivity index (χ1) is 17.9. The van der Waals surface area contributed by atoms with Crippen LogP contribution in [0.3, 0.4) is 0 Å². The summed E-state index contributed by atoms with van der Waals surface area (Å²) >= 11 is 0. The van der Waals surface area contributed by atoms with E-state index in [1.54, 1.807) is 12.1 Å². The van der Waals surface area contributed by atoms with E-state index in [2.05, 4.69) is 41.8 Å². The summed E-state index contributed by atoms with van der Waals surface area (Å²) in [6, 6.07) is 13.3. The number of rotatable bonds is 12. The fraction of sp³-hybridized carbons (Fsp3) is 0.581. The van der Waals surface area contributed by atoms with Gasteiger partial charge >= 0.3 is 0 Å². The van der Waals surface area contributed by atoms with Crippen LogP contribution in [0.2, 0.25) is 0 Å². The number of aliphatic hydroxyl groups is 1. The van der Waals surface area contributed by atoms with Crippen molar-refractivity contribution >= 4 is 12.1 Å². The zero-order valence-electron chi connectivity index (χ0n) is 22.0. The van der Waals surface area contributed by atoms with Gasteiger partial charge in [0.1, 0.15) is 11.5 Å². The van der Waals surface area contributed by atoms with Crippen molar-refractivity contribution in [2.75, 3.05) is 18.5 Å². The van der Waals surface area contributed by atoms with Crippen LogP contribution in [0.25, 0.3) is 0 Å². The van der Waals surface area contributed by atoms with Gasteiger partial charge in [0, 0.05) is 12.6 Å². The van der Waals surface area contributed by atoms with Gasteiger partial charge in [0.05, 0.1) is 18.4 Å². The number of hydrogen-bond donors (Lipinski definition) is 4. The summed E-state index contributed by atoms with van der Waals surface area (Å²) in [6.45, 7) is 3.28. The molecular weight excluding hydrogens is 464 g/mol. The zero-order chi connectivity index (χ0) is 25.8. The first-order valence-corrected chi connectivity index (χ1v) is 14.1. The van der Waals surface area contributed by atoms with Crippen LogP contribution in [0, 0.1) is 23.2 Å². The minimum atomic E-state index is -0.751. The third-order valence-electron chi connectivity index (χ3n) is 9.10. The van der Waals surface area contributed by atoms with Gasteiger partial charge < -0.3 is 25.6 Å². The molecule has 1 amide bonds. The Morgan fingerprint density at radius 1 is 1.08 bits per heavy atom. The van der Waals surface area contributed by atoms with Crippen LogP contribution < -0.4 is 15.4 Å². The van der Waals surface area contributed by atoms with Gasteiger partial charge in [-0.1, -0.05) is 31.0 Å². The van der Waals surface area contributed by atoms with E-state index < -0.39 is 6.10 Å². The second-order valence-corrected chi connectivity index (χ2v) is 12.1. The third kappa shape index (κ3) is 6.47. The van der Waals surface area contributed by atoms with E-state index in [1.165, 1.54) is 63.0 Å². The van der Waals surface area contributed by atoms with Crippen molar-refractivity contribution in [3.05, 3.63) is 53.6 Å². The molecule has 0 aliphatic heterocycles. The first kappa shape index (κ1) is 26.1. The maximum Gasteiger partial charge on any atom is 0.211 e. The van der Waals surface area contributed by atoms with Crippen LogP contribution in [0.1, 0.15) is 75.5 Å². The molecule has 2 aromatic rings. The number of fused-ring (bicyclic) bond motifs is 1. The van der Waals surface area contributed by atoms with E-state index in [4.69, 9.17) is 4.74 Å². The van der Waals surface area contributed by atoms with E-state index in [0.29, 0.717) is 23.9 Å². The Morgan fingerprint density at radius 3 is 2.59 bits per heavy atom. The van der Waals surface area contributed by atoms with Crippen LogP contribution in [0.5, 0.6) is 11.5 Å². The summed E-state index contributed by atoms with van der Waals surface area (Å²) in [5.41, 5.74) is 2.66. The molecule has 2 aromatic carbocycles. The third-order valence-corrected chi connectivity index (χ3v) is 9.10. The molecule has 4 fully saturated rings. The lowest BCUT2D eigenvalue weighted by Crippen LogP contribution is -2.38. The molecule has 4 atom stereocenters. The lowest BCUT2D eigenvalue weighted by atomic mass is 9.57. The zero-order valence-corrected chi connectivity index (χ0v) is 22.0. The Kier molecular flexibility index (Phi) is 8.06. The van der Waals surface area contributed by atoms with Crippen molar-refractivity contribution in [2.24, 2.45) is 23.2 Å². The molecular formula is C31H42N2O4. The molecule has 0 aromatic heterocycles. The second-order valence-electron chi connectivity index (χ2n) is 12.1. The second kappa shape index (κ2) is 11.4. The minimum Gasteiger partial charge on any atom is -0.506 e. The quantitative estimate of drug-likeness (QED) is 0.223. The summed E-state index contributed by atoms with van der Waals surface area (Å²) in [4.78, 5) is 10.7. The van der Waals surface area contributed by atoms with Gasteiger partial charge in [-0.15, -0.1) is 0 Å². The largest absolute Gasteiger partial charge is 0.506 e. The Hall–Kier alpha value is -2.57. The molecule has 6 nitrogen and oxygen atoms in total. The highest BCUT2D eigenvalue weighted by atomic mass is 16.5. The topological polar surface area (TPSA) is 90.8 Å². The first-order valence-electron chi connectivity index (χ1n) is 14.1. The van der Waals surface area contributed by atoms with Crippen molar-refractivity contribution in [2.45, 2.75) is 76.9 Å². The number of nitrogens with one attached hydrogen (secondary N) is 2. The summed E-state index contributed by atoms with van der Waals surface area (Å²) in [6.07, 6.45) is 11.9. The molecule has 200 valence electrons. The fourth-order valence-electron chi connectivity index (χ4n) is 7.62. The number of aliphatic hydroxyl groups excluding tert-OH is 1. The lowest BCUT2D eigenvalue weighted by molar-refractivity contribution is -0.105. The van der Waals surface area contributed by atoms with Crippen LogP contribution >= 0.6 is 0 Å². The predicted octanol–water partition coefficient (Wildman–Crippen LogP) is 5.59. The molecule has 4 N–H and O–H groups in total. The summed E-state index contributed by atoms with van der Waals surface area (Å²) in [5, 5.41) is 26.2. The number of anilines is 1. The maximum absolute atomic E-state index is 10.7. The Bertz CT molecular complexity index is 1060. The van der Waals surface area contributed by atoms with Gasteiger partial charge in [-0.2, -0.15) is 0 Å². The Labute approximate surface area is 220 Å². The predicted molar refractivity (Wildman–Crippen MR) is 146 cm³/mol. The van der Waals surface area contributed by atoms with Gasteiger partial charge in [-0.25, -0.2) is 0 Å².